The number of nitrogens with one attached hydrogen (secondary N) is 1. The Bertz CT molecular complexity index is 683. The first-order valence-electron chi connectivity index (χ1n) is 5.94. The van der Waals surface area contributed by atoms with Crippen LogP contribution in [0.4, 0.5) is 5.69 Å². The first kappa shape index (κ1) is 16.0. The van der Waals surface area contributed by atoms with Crippen molar-refractivity contribution in [3.8, 4) is 0 Å². The van der Waals surface area contributed by atoms with Crippen LogP contribution in [0.2, 0.25) is 0 Å². The van der Waals surface area contributed by atoms with Gasteiger partial charge in [0.15, 0.2) is 0 Å². The standard InChI is InChI=1S/C13H13Br2NO2S2/c14-8-2-4-10-3-1-5-11(9-10)16-20(17,18)13-7-6-12(15)19-13/h1,3,5-7,9,16H,2,4,8H2. The molecule has 0 radical (unpaired) electrons. The lowest BCUT2D eigenvalue weighted by atomic mass is 10.1. The topological polar surface area (TPSA) is 46.2 Å². The summed E-state index contributed by atoms with van der Waals surface area (Å²) in [6, 6.07) is 10.8. The lowest BCUT2D eigenvalue weighted by molar-refractivity contribution is 0.603. The van der Waals surface area contributed by atoms with Gasteiger partial charge in [-0.3, -0.25) is 4.72 Å². The maximum atomic E-state index is 12.2. The van der Waals surface area contributed by atoms with Gasteiger partial charge in [0.05, 0.1) is 3.79 Å². The first-order chi connectivity index (χ1) is 9.51. The Labute approximate surface area is 139 Å². The Morgan fingerprint density at radius 3 is 2.65 bits per heavy atom. The molecule has 7 heteroatoms. The van der Waals surface area contributed by atoms with Crippen LogP contribution < -0.4 is 4.72 Å². The predicted molar refractivity (Wildman–Crippen MR) is 91.4 cm³/mol. The van der Waals surface area contributed by atoms with Crippen molar-refractivity contribution >= 4 is 58.9 Å². The van der Waals surface area contributed by atoms with E-state index in [0.717, 1.165) is 27.5 Å². The number of sulfonamides is 1. The zero-order valence-corrected chi connectivity index (χ0v) is 15.3. The van der Waals surface area contributed by atoms with Gasteiger partial charge in [-0.2, -0.15) is 0 Å². The van der Waals surface area contributed by atoms with E-state index in [0.29, 0.717) is 9.90 Å². The van der Waals surface area contributed by atoms with Crippen LogP contribution in [0.1, 0.15) is 12.0 Å². The van der Waals surface area contributed by atoms with Crippen LogP contribution in [0.15, 0.2) is 44.4 Å². The average molecular weight is 439 g/mol. The van der Waals surface area contributed by atoms with E-state index in [2.05, 4.69) is 36.6 Å². The Morgan fingerprint density at radius 1 is 1.20 bits per heavy atom. The highest BCUT2D eigenvalue weighted by Gasteiger charge is 2.16. The molecule has 0 fully saturated rings. The molecule has 0 amide bonds. The minimum absolute atomic E-state index is 0.301. The van der Waals surface area contributed by atoms with Crippen molar-refractivity contribution in [3.63, 3.8) is 0 Å². The van der Waals surface area contributed by atoms with E-state index in [4.69, 9.17) is 0 Å². The van der Waals surface area contributed by atoms with Crippen molar-refractivity contribution in [3.05, 3.63) is 45.7 Å². The molecule has 1 heterocycles. The molecule has 0 aliphatic rings. The fraction of sp³-hybridized carbons (Fsp3) is 0.231. The number of hydrogen-bond acceptors (Lipinski definition) is 3. The monoisotopic (exact) mass is 437 g/mol. The number of alkyl halides is 1. The zero-order chi connectivity index (χ0) is 14.6. The van der Waals surface area contributed by atoms with Gasteiger partial charge in [0.2, 0.25) is 0 Å². The molecule has 108 valence electrons. The second-order valence-electron chi connectivity index (χ2n) is 4.16. The fourth-order valence-electron chi connectivity index (χ4n) is 1.71. The smallest absolute Gasteiger partial charge is 0.271 e. The van der Waals surface area contributed by atoms with E-state index in [1.54, 1.807) is 18.2 Å². The predicted octanol–water partition coefficient (Wildman–Crippen LogP) is 4.64. The number of hydrogen-bond donors (Lipinski definition) is 1. The molecule has 3 nitrogen and oxygen atoms in total. The molecule has 0 saturated carbocycles. The van der Waals surface area contributed by atoms with Gasteiger partial charge in [0.25, 0.3) is 10.0 Å². The highest BCUT2D eigenvalue weighted by atomic mass is 79.9. The third kappa shape index (κ3) is 4.31. The van der Waals surface area contributed by atoms with Crippen LogP contribution in [0.25, 0.3) is 0 Å². The Kier molecular flexibility index (Phi) is 5.65. The van der Waals surface area contributed by atoms with E-state index >= 15 is 0 Å². The molecule has 0 atom stereocenters. The number of rotatable bonds is 6. The summed E-state index contributed by atoms with van der Waals surface area (Å²) in [6.07, 6.45) is 1.94. The van der Waals surface area contributed by atoms with Gasteiger partial charge in [0.1, 0.15) is 4.21 Å². The lowest BCUT2D eigenvalue weighted by Crippen LogP contribution is -2.11. The largest absolute Gasteiger partial charge is 0.279 e. The molecule has 2 rings (SSSR count). The van der Waals surface area contributed by atoms with Crippen molar-refractivity contribution < 1.29 is 8.42 Å². The van der Waals surface area contributed by atoms with Crippen molar-refractivity contribution in [1.29, 1.82) is 0 Å². The van der Waals surface area contributed by atoms with Gasteiger partial charge in [-0.15, -0.1) is 11.3 Å². The van der Waals surface area contributed by atoms with Gasteiger partial charge in [-0.1, -0.05) is 28.1 Å². The highest BCUT2D eigenvalue weighted by molar-refractivity contribution is 9.11. The molecule has 1 N–H and O–H groups in total. The summed E-state index contributed by atoms with van der Waals surface area (Å²) in [6.45, 7) is 0. The third-order valence-electron chi connectivity index (χ3n) is 2.59. The van der Waals surface area contributed by atoms with Crippen LogP contribution >= 0.6 is 43.2 Å². The van der Waals surface area contributed by atoms with Crippen LogP contribution in [-0.2, 0) is 16.4 Å². The first-order valence-corrected chi connectivity index (χ1v) is 10.2. The normalized spacial score (nSPS) is 11.5. The van der Waals surface area contributed by atoms with Gasteiger partial charge in [-0.25, -0.2) is 8.42 Å². The highest BCUT2D eigenvalue weighted by Crippen LogP contribution is 2.27. The van der Waals surface area contributed by atoms with Crippen molar-refractivity contribution in [2.75, 3.05) is 10.1 Å². The molecular weight excluding hydrogens is 426 g/mol. The summed E-state index contributed by atoms with van der Waals surface area (Å²) in [7, 11) is -3.50. The van der Waals surface area contributed by atoms with Crippen LogP contribution in [-0.4, -0.2) is 13.7 Å². The minimum atomic E-state index is -3.50. The lowest BCUT2D eigenvalue weighted by Gasteiger charge is -2.08. The van der Waals surface area contributed by atoms with E-state index in [1.165, 1.54) is 11.3 Å². The second-order valence-corrected chi connectivity index (χ2v) is 9.32. The molecule has 2 aromatic rings. The number of halogens is 2. The SMILES string of the molecule is O=S(=O)(Nc1cccc(CCCBr)c1)c1ccc(Br)s1. The van der Waals surface area contributed by atoms with Crippen molar-refractivity contribution in [2.45, 2.75) is 17.1 Å². The summed E-state index contributed by atoms with van der Waals surface area (Å²) in [5.41, 5.74) is 1.72. The maximum Gasteiger partial charge on any atom is 0.271 e. The van der Waals surface area contributed by atoms with Gasteiger partial charge < -0.3 is 0 Å². The van der Waals surface area contributed by atoms with Gasteiger partial charge in [-0.05, 0) is 58.6 Å². The molecule has 0 spiro atoms. The number of thiophene rings is 1. The molecule has 0 unspecified atom stereocenters. The quantitative estimate of drug-likeness (QED) is 0.667. The van der Waals surface area contributed by atoms with Gasteiger partial charge in [0, 0.05) is 11.0 Å². The Balaban J connectivity index is 2.17. The molecule has 0 aliphatic carbocycles. The Morgan fingerprint density at radius 2 is 2.00 bits per heavy atom. The summed E-state index contributed by atoms with van der Waals surface area (Å²) >= 11 is 7.86. The van der Waals surface area contributed by atoms with Crippen LogP contribution in [0.5, 0.6) is 0 Å². The van der Waals surface area contributed by atoms with Crippen LogP contribution in [0.3, 0.4) is 0 Å². The molecule has 1 aromatic carbocycles. The maximum absolute atomic E-state index is 12.2. The fourth-order valence-corrected chi connectivity index (χ4v) is 5.05. The van der Waals surface area contributed by atoms with E-state index in [9.17, 15) is 8.42 Å². The molecule has 20 heavy (non-hydrogen) atoms. The zero-order valence-electron chi connectivity index (χ0n) is 10.5. The van der Waals surface area contributed by atoms with E-state index < -0.39 is 10.0 Å². The minimum Gasteiger partial charge on any atom is -0.279 e. The number of aryl methyl sites for hydroxylation is 1. The number of anilines is 1. The van der Waals surface area contributed by atoms with Crippen molar-refractivity contribution in [2.24, 2.45) is 0 Å². The van der Waals surface area contributed by atoms with E-state index in [-0.39, 0.29) is 0 Å². The second kappa shape index (κ2) is 7.06. The van der Waals surface area contributed by atoms with E-state index in [1.807, 2.05) is 18.2 Å². The molecule has 1 aromatic heterocycles. The van der Waals surface area contributed by atoms with Crippen molar-refractivity contribution in [1.82, 2.24) is 0 Å². The summed E-state index contributed by atoms with van der Waals surface area (Å²) in [5.74, 6) is 0. The summed E-state index contributed by atoms with van der Waals surface area (Å²) in [5, 5.41) is 0.937. The summed E-state index contributed by atoms with van der Waals surface area (Å²) < 4.78 is 28.1. The molecule has 0 saturated heterocycles. The Hall–Kier alpha value is -0.370. The third-order valence-corrected chi connectivity index (χ3v) is 6.65. The summed E-state index contributed by atoms with van der Waals surface area (Å²) in [4.78, 5) is 0. The van der Waals surface area contributed by atoms with Crippen LogP contribution in [0, 0.1) is 0 Å². The molecule has 0 bridgehead atoms. The molecule has 0 aliphatic heterocycles. The molecular formula is C13H13Br2NO2S2. The average Bonchev–Trinajstić information content (AvgIpc) is 2.84. The van der Waals surface area contributed by atoms with Gasteiger partial charge >= 0.3 is 0 Å². The number of benzene rings is 1.